The molecule has 0 radical (unpaired) electrons. The maximum atomic E-state index is 11.5. The number of esters is 1. The van der Waals surface area contributed by atoms with Gasteiger partial charge in [0.2, 0.25) is 6.29 Å². The average molecular weight is 349 g/mol. The van der Waals surface area contributed by atoms with Crippen molar-refractivity contribution < 1.29 is 23.1 Å². The largest absolute Gasteiger partial charge is 0.436 e. The van der Waals surface area contributed by atoms with Crippen LogP contribution in [0.5, 0.6) is 0 Å². The van der Waals surface area contributed by atoms with E-state index in [4.69, 9.17) is 18.3 Å². The molecule has 0 aromatic heterocycles. The molecule has 6 heteroatoms. The van der Waals surface area contributed by atoms with Gasteiger partial charge in [0.25, 0.3) is 0 Å². The summed E-state index contributed by atoms with van der Waals surface area (Å²) in [5, 5.41) is 0. The molecule has 0 N–H and O–H groups in total. The fourth-order valence-electron chi connectivity index (χ4n) is 2.56. The Morgan fingerprint density at radius 3 is 2.17 bits per heavy atom. The van der Waals surface area contributed by atoms with Crippen molar-refractivity contribution >= 4 is 14.5 Å². The summed E-state index contributed by atoms with van der Waals surface area (Å²) in [6.45, 7) is 14.7. The van der Waals surface area contributed by atoms with Gasteiger partial charge < -0.3 is 18.3 Å². The van der Waals surface area contributed by atoms with Gasteiger partial charge in [-0.3, -0.25) is 4.79 Å². The van der Waals surface area contributed by atoms with E-state index in [1.54, 1.807) is 6.92 Å². The zero-order chi connectivity index (χ0) is 17.9. The van der Waals surface area contributed by atoms with Crippen molar-refractivity contribution in [2.75, 3.05) is 6.61 Å². The first kappa shape index (κ1) is 22.6. The van der Waals surface area contributed by atoms with Gasteiger partial charge in [-0.2, -0.15) is 0 Å². The number of carbonyl (C=O) groups is 1. The standard InChI is InChI=1S/C17H36O5Si/c1-8-13-23(7,19-12-5)22-14(6)15(9-2)20-17(11-4)21-16(18)10-3/h14-15,17H,8-13H2,1-7H3. The van der Waals surface area contributed by atoms with E-state index in [0.717, 1.165) is 18.9 Å². The van der Waals surface area contributed by atoms with Crippen LogP contribution >= 0.6 is 0 Å². The minimum atomic E-state index is -2.18. The van der Waals surface area contributed by atoms with Crippen molar-refractivity contribution in [3.8, 4) is 0 Å². The molecule has 0 aromatic rings. The number of hydrogen-bond donors (Lipinski definition) is 0. The molecule has 0 saturated carbocycles. The van der Waals surface area contributed by atoms with E-state index in [1.807, 2.05) is 20.8 Å². The quantitative estimate of drug-likeness (QED) is 0.281. The molecular weight excluding hydrogens is 312 g/mol. The summed E-state index contributed by atoms with van der Waals surface area (Å²) >= 11 is 0. The van der Waals surface area contributed by atoms with Gasteiger partial charge in [-0.25, -0.2) is 0 Å². The molecule has 138 valence electrons. The molecule has 0 aromatic carbocycles. The lowest BCUT2D eigenvalue weighted by atomic mass is 10.2. The summed E-state index contributed by atoms with van der Waals surface area (Å²) in [5.41, 5.74) is 0. The molecule has 5 nitrogen and oxygen atoms in total. The molecule has 0 aliphatic rings. The van der Waals surface area contributed by atoms with E-state index in [0.29, 0.717) is 19.4 Å². The van der Waals surface area contributed by atoms with Gasteiger partial charge in [0.15, 0.2) is 0 Å². The van der Waals surface area contributed by atoms with Gasteiger partial charge in [-0.05, 0) is 32.9 Å². The lowest BCUT2D eigenvalue weighted by molar-refractivity contribution is -0.200. The molecule has 23 heavy (non-hydrogen) atoms. The van der Waals surface area contributed by atoms with Gasteiger partial charge in [-0.1, -0.05) is 34.1 Å². The van der Waals surface area contributed by atoms with E-state index in [1.165, 1.54) is 0 Å². The summed E-state index contributed by atoms with van der Waals surface area (Å²) in [6.07, 6.45) is 2.10. The van der Waals surface area contributed by atoms with Gasteiger partial charge >= 0.3 is 14.5 Å². The zero-order valence-electron chi connectivity index (χ0n) is 16.0. The fourth-order valence-corrected chi connectivity index (χ4v) is 5.35. The number of hydrogen-bond acceptors (Lipinski definition) is 5. The molecule has 0 fully saturated rings. The molecule has 0 rings (SSSR count). The molecule has 0 aliphatic carbocycles. The van der Waals surface area contributed by atoms with Crippen molar-refractivity contribution in [3.63, 3.8) is 0 Å². The molecular formula is C17H36O5Si. The summed E-state index contributed by atoms with van der Waals surface area (Å²) < 4.78 is 23.5. The fraction of sp³-hybridized carbons (Fsp3) is 0.941. The van der Waals surface area contributed by atoms with E-state index in [2.05, 4.69) is 20.4 Å². The minimum Gasteiger partial charge on any atom is -0.436 e. The third kappa shape index (κ3) is 8.84. The highest BCUT2D eigenvalue weighted by Crippen LogP contribution is 2.22. The Balaban J connectivity index is 4.75. The summed E-state index contributed by atoms with van der Waals surface area (Å²) in [5.74, 6) is -0.236. The van der Waals surface area contributed by atoms with Gasteiger partial charge in [-0.15, -0.1) is 0 Å². The van der Waals surface area contributed by atoms with Crippen LogP contribution in [0.15, 0.2) is 0 Å². The first-order valence-corrected chi connectivity index (χ1v) is 11.5. The van der Waals surface area contributed by atoms with E-state index < -0.39 is 14.9 Å². The van der Waals surface area contributed by atoms with Crippen LogP contribution in [0.3, 0.4) is 0 Å². The Kier molecular flexibility index (Phi) is 11.8. The number of rotatable bonds is 13. The van der Waals surface area contributed by atoms with Crippen LogP contribution in [0.1, 0.15) is 67.2 Å². The SMILES string of the molecule is CCC[Si](C)(OCC)OC(C)C(CC)OC(CC)OC(=O)CC. The minimum absolute atomic E-state index is 0.0934. The van der Waals surface area contributed by atoms with E-state index in [9.17, 15) is 4.79 Å². The predicted molar refractivity (Wildman–Crippen MR) is 94.5 cm³/mol. The second kappa shape index (κ2) is 12.0. The number of ether oxygens (including phenoxy) is 2. The van der Waals surface area contributed by atoms with Crippen molar-refractivity contribution in [2.45, 2.75) is 98.3 Å². The third-order valence-corrected chi connectivity index (χ3v) is 6.90. The normalized spacial score (nSPS) is 18.0. The Morgan fingerprint density at radius 2 is 1.74 bits per heavy atom. The average Bonchev–Trinajstić information content (AvgIpc) is 2.50. The van der Waals surface area contributed by atoms with Gasteiger partial charge in [0, 0.05) is 19.4 Å². The summed E-state index contributed by atoms with van der Waals surface area (Å²) in [7, 11) is -2.18. The highest BCUT2D eigenvalue weighted by Gasteiger charge is 2.35. The molecule has 0 spiro atoms. The Labute approximate surface area is 143 Å². The maximum absolute atomic E-state index is 11.5. The number of carbonyl (C=O) groups excluding carboxylic acids is 1. The van der Waals surface area contributed by atoms with Crippen LogP contribution in [0.25, 0.3) is 0 Å². The van der Waals surface area contributed by atoms with Crippen molar-refractivity contribution in [2.24, 2.45) is 0 Å². The molecule has 0 bridgehead atoms. The molecule has 0 heterocycles. The Bertz CT molecular complexity index is 318. The first-order valence-electron chi connectivity index (χ1n) is 9.02. The molecule has 4 atom stereocenters. The van der Waals surface area contributed by atoms with Crippen LogP contribution in [-0.4, -0.2) is 39.6 Å². The van der Waals surface area contributed by atoms with Crippen molar-refractivity contribution in [1.82, 2.24) is 0 Å². The second-order valence-electron chi connectivity index (χ2n) is 5.90. The van der Waals surface area contributed by atoms with Crippen LogP contribution in [-0.2, 0) is 23.1 Å². The topological polar surface area (TPSA) is 54.0 Å². The third-order valence-electron chi connectivity index (χ3n) is 3.73. The Morgan fingerprint density at radius 1 is 1.09 bits per heavy atom. The van der Waals surface area contributed by atoms with Crippen molar-refractivity contribution in [3.05, 3.63) is 0 Å². The highest BCUT2D eigenvalue weighted by molar-refractivity contribution is 6.66. The Hall–Kier alpha value is -0.433. The van der Waals surface area contributed by atoms with Crippen LogP contribution in [0.2, 0.25) is 12.6 Å². The molecule has 0 amide bonds. The zero-order valence-corrected chi connectivity index (χ0v) is 17.0. The van der Waals surface area contributed by atoms with Crippen LogP contribution in [0.4, 0.5) is 0 Å². The maximum Gasteiger partial charge on any atom is 0.335 e. The van der Waals surface area contributed by atoms with Crippen molar-refractivity contribution in [1.29, 1.82) is 0 Å². The molecule has 0 saturated heterocycles. The van der Waals surface area contributed by atoms with E-state index in [-0.39, 0.29) is 18.2 Å². The lowest BCUT2D eigenvalue weighted by Crippen LogP contribution is -2.46. The summed E-state index contributed by atoms with van der Waals surface area (Å²) in [4.78, 5) is 11.5. The van der Waals surface area contributed by atoms with Gasteiger partial charge in [0.05, 0.1) is 12.2 Å². The lowest BCUT2D eigenvalue weighted by Gasteiger charge is -2.34. The summed E-state index contributed by atoms with van der Waals surface area (Å²) in [6, 6.07) is 0.962. The van der Waals surface area contributed by atoms with Crippen LogP contribution in [0, 0.1) is 0 Å². The molecule has 4 unspecified atom stereocenters. The van der Waals surface area contributed by atoms with Gasteiger partial charge in [0.1, 0.15) is 0 Å². The molecule has 0 aliphatic heterocycles. The van der Waals surface area contributed by atoms with E-state index >= 15 is 0 Å². The van der Waals surface area contributed by atoms with Crippen LogP contribution < -0.4 is 0 Å². The highest BCUT2D eigenvalue weighted by atomic mass is 28.4. The monoisotopic (exact) mass is 348 g/mol. The smallest absolute Gasteiger partial charge is 0.335 e. The second-order valence-corrected chi connectivity index (χ2v) is 9.20. The predicted octanol–water partition coefficient (Wildman–Crippen LogP) is 4.39. The first-order chi connectivity index (χ1) is 10.9.